The van der Waals surface area contributed by atoms with E-state index in [0.29, 0.717) is 24.7 Å². The Bertz CT molecular complexity index is 422. The predicted molar refractivity (Wildman–Crippen MR) is 69.1 cm³/mol. The summed E-state index contributed by atoms with van der Waals surface area (Å²) in [6.45, 7) is 3.32. The average molecular weight is 265 g/mol. The van der Waals surface area contributed by atoms with Crippen molar-refractivity contribution in [3.8, 4) is 11.8 Å². The Morgan fingerprint density at radius 2 is 2.16 bits per heavy atom. The second-order valence-corrected chi connectivity index (χ2v) is 4.49. The largest absolute Gasteiger partial charge is 0.480 e. The predicted octanol–water partition coefficient (Wildman–Crippen LogP) is 1.27. The molecule has 0 aromatic carbocycles. The number of rotatable bonds is 4. The van der Waals surface area contributed by atoms with Gasteiger partial charge in [0.25, 0.3) is 0 Å². The van der Waals surface area contributed by atoms with Gasteiger partial charge in [0.15, 0.2) is 0 Å². The van der Waals surface area contributed by atoms with E-state index in [2.05, 4.69) is 10.2 Å². The number of amides is 1. The second-order valence-electron chi connectivity index (χ2n) is 4.49. The number of methoxy groups -OCH3 is 1. The van der Waals surface area contributed by atoms with Gasteiger partial charge in [-0.3, -0.25) is 4.79 Å². The molecule has 6 nitrogen and oxygen atoms in total. The number of carbonyl (C=O) groups is 1. The van der Waals surface area contributed by atoms with Gasteiger partial charge >= 0.3 is 0 Å². The van der Waals surface area contributed by atoms with Crippen molar-refractivity contribution in [1.82, 2.24) is 15.1 Å². The monoisotopic (exact) mass is 265 g/mol. The van der Waals surface area contributed by atoms with E-state index in [1.165, 1.54) is 0 Å². The number of aromatic nitrogens is 2. The first-order valence-electron chi connectivity index (χ1n) is 6.55. The smallest absolute Gasteiger partial charge is 0.233 e. The maximum absolute atomic E-state index is 11.7. The topological polar surface area (TPSA) is 64.6 Å². The minimum Gasteiger partial charge on any atom is -0.480 e. The Morgan fingerprint density at radius 1 is 1.42 bits per heavy atom. The highest BCUT2D eigenvalue weighted by Gasteiger charge is 2.24. The summed E-state index contributed by atoms with van der Waals surface area (Å²) in [6, 6.07) is 3.44. The zero-order chi connectivity index (χ0) is 13.7. The first kappa shape index (κ1) is 13.6. The Hall–Kier alpha value is -1.85. The van der Waals surface area contributed by atoms with Gasteiger partial charge in [-0.25, -0.2) is 0 Å². The van der Waals surface area contributed by atoms with Gasteiger partial charge in [0.1, 0.15) is 6.10 Å². The van der Waals surface area contributed by atoms with Crippen LogP contribution in [0.3, 0.4) is 0 Å². The lowest BCUT2D eigenvalue weighted by atomic mass is 10.1. The van der Waals surface area contributed by atoms with E-state index < -0.39 is 0 Å². The molecule has 1 atom stereocenters. The zero-order valence-electron chi connectivity index (χ0n) is 11.3. The summed E-state index contributed by atoms with van der Waals surface area (Å²) in [5.41, 5.74) is 0. The third-order valence-corrected chi connectivity index (χ3v) is 3.15. The van der Waals surface area contributed by atoms with Gasteiger partial charge in [0.2, 0.25) is 17.7 Å². The highest BCUT2D eigenvalue weighted by atomic mass is 16.5. The molecule has 0 spiro atoms. The lowest BCUT2D eigenvalue weighted by Crippen LogP contribution is -2.44. The molecular formula is C13H19N3O3. The van der Waals surface area contributed by atoms with Crippen molar-refractivity contribution in [2.45, 2.75) is 32.3 Å². The van der Waals surface area contributed by atoms with Crippen LogP contribution in [0.5, 0.6) is 11.8 Å². The number of hydrogen-bond donors (Lipinski definition) is 0. The lowest BCUT2D eigenvalue weighted by molar-refractivity contribution is -0.133. The van der Waals surface area contributed by atoms with Crippen LogP contribution in [0.2, 0.25) is 0 Å². The molecule has 0 radical (unpaired) electrons. The van der Waals surface area contributed by atoms with Crippen molar-refractivity contribution < 1.29 is 14.3 Å². The molecule has 1 fully saturated rings. The fourth-order valence-corrected chi connectivity index (χ4v) is 2.13. The van der Waals surface area contributed by atoms with Crippen molar-refractivity contribution in [3.63, 3.8) is 0 Å². The SMILES string of the molecule is CCC(=O)N1CCCC(Oc2ccc(OC)nn2)C1. The second kappa shape index (κ2) is 6.36. The van der Waals surface area contributed by atoms with Crippen LogP contribution >= 0.6 is 0 Å². The summed E-state index contributed by atoms with van der Waals surface area (Å²) >= 11 is 0. The fourth-order valence-electron chi connectivity index (χ4n) is 2.13. The van der Waals surface area contributed by atoms with Crippen LogP contribution in [0.4, 0.5) is 0 Å². The Balaban J connectivity index is 1.92. The van der Waals surface area contributed by atoms with Gasteiger partial charge in [0, 0.05) is 25.1 Å². The summed E-state index contributed by atoms with van der Waals surface area (Å²) in [4.78, 5) is 13.5. The molecule has 1 saturated heterocycles. The number of carbonyl (C=O) groups excluding carboxylic acids is 1. The molecule has 1 aliphatic rings. The molecule has 1 aliphatic heterocycles. The third-order valence-electron chi connectivity index (χ3n) is 3.15. The Labute approximate surface area is 112 Å². The number of nitrogens with zero attached hydrogens (tertiary/aromatic N) is 3. The van der Waals surface area contributed by atoms with Crippen molar-refractivity contribution in [2.24, 2.45) is 0 Å². The van der Waals surface area contributed by atoms with Gasteiger partial charge < -0.3 is 14.4 Å². The minimum absolute atomic E-state index is 0.00746. The van der Waals surface area contributed by atoms with Crippen LogP contribution in [-0.4, -0.2) is 47.3 Å². The summed E-state index contributed by atoms with van der Waals surface area (Å²) in [5.74, 6) is 1.10. The van der Waals surface area contributed by atoms with E-state index in [-0.39, 0.29) is 12.0 Å². The molecule has 1 amide bonds. The van der Waals surface area contributed by atoms with Crippen molar-refractivity contribution in [1.29, 1.82) is 0 Å². The highest BCUT2D eigenvalue weighted by molar-refractivity contribution is 5.75. The third kappa shape index (κ3) is 3.56. The summed E-state index contributed by atoms with van der Waals surface area (Å²) in [7, 11) is 1.54. The maximum Gasteiger partial charge on any atom is 0.233 e. The summed E-state index contributed by atoms with van der Waals surface area (Å²) < 4.78 is 10.7. The van der Waals surface area contributed by atoms with Crippen LogP contribution in [-0.2, 0) is 4.79 Å². The van der Waals surface area contributed by atoms with Gasteiger partial charge in [-0.1, -0.05) is 6.92 Å². The molecule has 0 bridgehead atoms. The van der Waals surface area contributed by atoms with Crippen LogP contribution in [0.25, 0.3) is 0 Å². The van der Waals surface area contributed by atoms with Crippen molar-refractivity contribution >= 4 is 5.91 Å². The molecule has 0 saturated carbocycles. The number of ether oxygens (including phenoxy) is 2. The standard InChI is InChI=1S/C13H19N3O3/c1-3-13(17)16-8-4-5-10(9-16)19-12-7-6-11(18-2)14-15-12/h6-7,10H,3-5,8-9H2,1-2H3. The van der Waals surface area contributed by atoms with Crippen LogP contribution in [0, 0.1) is 0 Å². The van der Waals surface area contributed by atoms with Gasteiger partial charge in [-0.2, -0.15) is 0 Å². The Kier molecular flexibility index (Phi) is 4.54. The summed E-state index contributed by atoms with van der Waals surface area (Å²) in [6.07, 6.45) is 2.42. The van der Waals surface area contributed by atoms with Crippen molar-refractivity contribution in [3.05, 3.63) is 12.1 Å². The number of likely N-dealkylation sites (tertiary alicyclic amines) is 1. The molecule has 2 rings (SSSR count). The van der Waals surface area contributed by atoms with E-state index in [9.17, 15) is 4.79 Å². The van der Waals surface area contributed by atoms with Gasteiger partial charge in [-0.05, 0) is 12.8 Å². The van der Waals surface area contributed by atoms with E-state index in [0.717, 1.165) is 19.4 Å². The van der Waals surface area contributed by atoms with E-state index in [1.54, 1.807) is 19.2 Å². The van der Waals surface area contributed by atoms with Gasteiger partial charge in [0.05, 0.1) is 13.7 Å². The normalized spacial score (nSPS) is 19.1. The van der Waals surface area contributed by atoms with Gasteiger partial charge in [-0.15, -0.1) is 10.2 Å². The lowest BCUT2D eigenvalue weighted by Gasteiger charge is -2.32. The Morgan fingerprint density at radius 3 is 2.79 bits per heavy atom. The van der Waals surface area contributed by atoms with Crippen LogP contribution in [0.15, 0.2) is 12.1 Å². The minimum atomic E-state index is -0.00746. The van der Waals surface area contributed by atoms with E-state index in [1.807, 2.05) is 11.8 Å². The molecule has 2 heterocycles. The fraction of sp³-hybridized carbons (Fsp3) is 0.615. The van der Waals surface area contributed by atoms with Crippen LogP contribution in [0.1, 0.15) is 26.2 Å². The molecular weight excluding hydrogens is 246 g/mol. The number of piperidine rings is 1. The van der Waals surface area contributed by atoms with E-state index in [4.69, 9.17) is 9.47 Å². The highest BCUT2D eigenvalue weighted by Crippen LogP contribution is 2.17. The van der Waals surface area contributed by atoms with Crippen LogP contribution < -0.4 is 9.47 Å². The average Bonchev–Trinajstić information content (AvgIpc) is 2.47. The number of hydrogen-bond acceptors (Lipinski definition) is 5. The first-order valence-corrected chi connectivity index (χ1v) is 6.55. The molecule has 19 heavy (non-hydrogen) atoms. The van der Waals surface area contributed by atoms with Crippen molar-refractivity contribution in [2.75, 3.05) is 20.2 Å². The van der Waals surface area contributed by atoms with E-state index >= 15 is 0 Å². The first-order chi connectivity index (χ1) is 9.22. The molecule has 1 unspecified atom stereocenters. The molecule has 1 aromatic heterocycles. The maximum atomic E-state index is 11.7. The molecule has 1 aromatic rings. The molecule has 0 N–H and O–H groups in total. The zero-order valence-corrected chi connectivity index (χ0v) is 11.3. The molecule has 0 aliphatic carbocycles. The molecule has 104 valence electrons. The molecule has 6 heteroatoms. The summed E-state index contributed by atoms with van der Waals surface area (Å²) in [5, 5.41) is 7.79. The quantitative estimate of drug-likeness (QED) is 0.820.